The number of nitrogens with zero attached hydrogens (tertiary/aromatic N) is 4. The van der Waals surface area contributed by atoms with Gasteiger partial charge >= 0.3 is 0 Å². The maximum Gasteiger partial charge on any atom is 0.100 e. The predicted octanol–water partition coefficient (Wildman–Crippen LogP) is 11.5. The topological polar surface area (TPSA) is 13.0 Å². The molecule has 4 nitrogen and oxygen atoms in total. The number of hydrogen-bond acceptors (Lipinski definition) is 4. The summed E-state index contributed by atoms with van der Waals surface area (Å²) in [5.41, 5.74) is 15.7. The number of benzene rings is 7. The minimum absolute atomic E-state index is 0.684. The summed E-state index contributed by atoms with van der Waals surface area (Å²) in [6.45, 7) is 1.50. The van der Waals surface area contributed by atoms with E-state index in [1.165, 1.54) is 73.2 Å². The molecule has 0 radical (unpaired) electrons. The van der Waals surface area contributed by atoms with Gasteiger partial charge in [0, 0.05) is 29.5 Å². The molecule has 0 aromatic heterocycles. The molecule has 0 saturated heterocycles. The first-order chi connectivity index (χ1) is 24.2. The highest BCUT2D eigenvalue weighted by Crippen LogP contribution is 2.51. The Morgan fingerprint density at radius 2 is 0.776 bits per heavy atom. The Morgan fingerprint density at radius 3 is 1.33 bits per heavy atom. The zero-order valence-electron chi connectivity index (χ0n) is 27.4. The number of para-hydroxylation sites is 4. The Balaban J connectivity index is 1.21. The van der Waals surface area contributed by atoms with Gasteiger partial charge in [-0.3, -0.25) is 0 Å². The van der Waals surface area contributed by atoms with E-state index in [0.29, 0.717) is 6.67 Å². The van der Waals surface area contributed by atoms with Crippen molar-refractivity contribution >= 4 is 39.8 Å². The number of hydrogen-bond donors (Lipinski definition) is 0. The Bertz CT molecular complexity index is 2210. The number of rotatable bonds is 6. The zero-order chi connectivity index (χ0) is 32.7. The number of fused-ring (bicyclic) bond motifs is 2. The maximum atomic E-state index is 2.51. The van der Waals surface area contributed by atoms with Gasteiger partial charge in [-0.2, -0.15) is 0 Å². The van der Waals surface area contributed by atoms with Crippen molar-refractivity contribution in [3.8, 4) is 33.4 Å². The summed E-state index contributed by atoms with van der Waals surface area (Å²) in [5.74, 6) is 0. The van der Waals surface area contributed by atoms with Gasteiger partial charge in [0.25, 0.3) is 0 Å². The van der Waals surface area contributed by atoms with Crippen LogP contribution in [-0.2, 0) is 0 Å². The molecular formula is C45H36N4. The second-order valence-electron chi connectivity index (χ2n) is 12.8. The smallest absolute Gasteiger partial charge is 0.100 e. The van der Waals surface area contributed by atoms with Gasteiger partial charge in [-0.25, -0.2) is 0 Å². The van der Waals surface area contributed by atoms with Gasteiger partial charge in [-0.05, 0) is 76.9 Å². The average molecular weight is 633 g/mol. The van der Waals surface area contributed by atoms with E-state index in [0.717, 1.165) is 6.67 Å². The third-order valence-electron chi connectivity index (χ3n) is 9.79. The molecule has 0 atom stereocenters. The molecule has 2 heterocycles. The average Bonchev–Trinajstić information content (AvgIpc) is 3.73. The van der Waals surface area contributed by atoms with Crippen molar-refractivity contribution < 1.29 is 0 Å². The van der Waals surface area contributed by atoms with Crippen LogP contribution in [0.2, 0.25) is 0 Å². The fourth-order valence-electron chi connectivity index (χ4n) is 7.45. The molecule has 9 rings (SSSR count). The molecule has 0 unspecified atom stereocenters. The molecule has 236 valence electrons. The maximum absolute atomic E-state index is 2.51. The van der Waals surface area contributed by atoms with Gasteiger partial charge in [0.05, 0.1) is 35.1 Å². The molecule has 4 heteroatoms. The Morgan fingerprint density at radius 1 is 0.347 bits per heavy atom. The first-order valence-electron chi connectivity index (χ1n) is 16.9. The molecule has 0 fully saturated rings. The van der Waals surface area contributed by atoms with Crippen LogP contribution >= 0.6 is 0 Å². The highest BCUT2D eigenvalue weighted by atomic mass is 15.4. The summed E-state index contributed by atoms with van der Waals surface area (Å²) in [5, 5.41) is 0. The van der Waals surface area contributed by atoms with E-state index in [1.807, 2.05) is 0 Å². The summed E-state index contributed by atoms with van der Waals surface area (Å²) in [6.07, 6.45) is 0. The van der Waals surface area contributed by atoms with Crippen molar-refractivity contribution in [1.29, 1.82) is 0 Å². The van der Waals surface area contributed by atoms with Gasteiger partial charge in [-0.15, -0.1) is 0 Å². The van der Waals surface area contributed by atoms with E-state index < -0.39 is 0 Å². The van der Waals surface area contributed by atoms with Crippen molar-refractivity contribution in [2.24, 2.45) is 0 Å². The molecular weight excluding hydrogens is 597 g/mol. The van der Waals surface area contributed by atoms with Crippen molar-refractivity contribution in [3.05, 3.63) is 176 Å². The summed E-state index contributed by atoms with van der Waals surface area (Å²) < 4.78 is 0. The third-order valence-corrected chi connectivity index (χ3v) is 9.79. The van der Waals surface area contributed by atoms with Gasteiger partial charge in [-0.1, -0.05) is 121 Å². The van der Waals surface area contributed by atoms with Crippen LogP contribution < -0.4 is 19.6 Å². The minimum atomic E-state index is 0.684. The summed E-state index contributed by atoms with van der Waals surface area (Å²) in [7, 11) is 2.16. The quantitative estimate of drug-likeness (QED) is 0.181. The van der Waals surface area contributed by atoms with Gasteiger partial charge in [0.15, 0.2) is 0 Å². The molecule has 0 bridgehead atoms. The lowest BCUT2D eigenvalue weighted by molar-refractivity contribution is 0.947. The van der Waals surface area contributed by atoms with Crippen molar-refractivity contribution in [1.82, 2.24) is 0 Å². The lowest BCUT2D eigenvalue weighted by Crippen LogP contribution is -2.26. The normalized spacial score (nSPS) is 13.5. The Kier molecular flexibility index (Phi) is 7.13. The predicted molar refractivity (Wildman–Crippen MR) is 207 cm³/mol. The molecule has 2 aliphatic rings. The van der Waals surface area contributed by atoms with Crippen LogP contribution in [0.1, 0.15) is 0 Å². The van der Waals surface area contributed by atoms with Crippen molar-refractivity contribution in [2.45, 2.75) is 0 Å². The fraction of sp³-hybridized carbons (Fsp3) is 0.0667. The van der Waals surface area contributed by atoms with E-state index >= 15 is 0 Å². The molecule has 0 aliphatic carbocycles. The Labute approximate surface area is 288 Å². The summed E-state index contributed by atoms with van der Waals surface area (Å²) >= 11 is 0. The first kappa shape index (κ1) is 28.9. The minimum Gasteiger partial charge on any atom is -0.355 e. The highest BCUT2D eigenvalue weighted by Gasteiger charge is 2.32. The van der Waals surface area contributed by atoms with Crippen molar-refractivity contribution in [3.63, 3.8) is 0 Å². The zero-order valence-corrected chi connectivity index (χ0v) is 27.4. The second kappa shape index (κ2) is 12.1. The summed E-state index contributed by atoms with van der Waals surface area (Å²) in [6, 6.07) is 63.6. The molecule has 2 aliphatic heterocycles. The molecule has 0 amide bonds. The highest BCUT2D eigenvalue weighted by molar-refractivity contribution is 6.01. The second-order valence-corrected chi connectivity index (χ2v) is 12.8. The number of anilines is 7. The van der Waals surface area contributed by atoms with Crippen LogP contribution in [0.25, 0.3) is 33.4 Å². The van der Waals surface area contributed by atoms with Gasteiger partial charge < -0.3 is 19.6 Å². The van der Waals surface area contributed by atoms with Crippen LogP contribution in [0.4, 0.5) is 39.8 Å². The molecule has 7 aromatic rings. The van der Waals surface area contributed by atoms with E-state index in [4.69, 9.17) is 0 Å². The van der Waals surface area contributed by atoms with Crippen molar-refractivity contribution in [2.75, 3.05) is 40.0 Å². The van der Waals surface area contributed by atoms with Gasteiger partial charge in [0.2, 0.25) is 0 Å². The van der Waals surface area contributed by atoms with Crippen LogP contribution in [0, 0.1) is 0 Å². The molecule has 49 heavy (non-hydrogen) atoms. The van der Waals surface area contributed by atoms with Crippen LogP contribution in [0.5, 0.6) is 0 Å². The first-order valence-corrected chi connectivity index (χ1v) is 16.9. The molecule has 7 aromatic carbocycles. The summed E-state index contributed by atoms with van der Waals surface area (Å²) in [4.78, 5) is 9.69. The van der Waals surface area contributed by atoms with E-state index in [-0.39, 0.29) is 0 Å². The lowest BCUT2D eigenvalue weighted by Gasteiger charge is -2.28. The standard InChI is InChI=1S/C45H36N4/c1-46-31-47(42-25-12-11-24-41(42)46)37-22-15-23-38(30-37)48-32-49(44-27-14-13-26-43(44)48)45-39(34-18-7-3-8-19-34)28-36(33-16-5-2-6-17-33)29-40(45)35-20-9-4-10-21-35/h2-30H,31-32H2,1H3. The molecule has 0 N–H and O–H groups in total. The molecule has 0 spiro atoms. The lowest BCUT2D eigenvalue weighted by atomic mass is 9.90. The van der Waals surface area contributed by atoms with Crippen LogP contribution in [-0.4, -0.2) is 20.4 Å². The fourth-order valence-corrected chi connectivity index (χ4v) is 7.45. The monoisotopic (exact) mass is 632 g/mol. The SMILES string of the molecule is CN1CN(c2cccc(N3CN(c4c(-c5ccccc5)cc(-c5ccccc5)cc4-c4ccccc4)c4ccccc43)c2)c2ccccc21. The van der Waals surface area contributed by atoms with E-state index in [9.17, 15) is 0 Å². The Hall–Kier alpha value is -6.26. The third kappa shape index (κ3) is 5.10. The largest absolute Gasteiger partial charge is 0.355 e. The van der Waals surface area contributed by atoms with Crippen LogP contribution in [0.3, 0.4) is 0 Å². The van der Waals surface area contributed by atoms with Crippen LogP contribution in [0.15, 0.2) is 176 Å². The molecule has 0 saturated carbocycles. The van der Waals surface area contributed by atoms with Gasteiger partial charge in [0.1, 0.15) is 6.67 Å². The van der Waals surface area contributed by atoms with E-state index in [1.54, 1.807) is 0 Å². The van der Waals surface area contributed by atoms with E-state index in [2.05, 4.69) is 203 Å².